The van der Waals surface area contributed by atoms with Gasteiger partial charge in [0.25, 0.3) is 0 Å². The highest BCUT2D eigenvalue weighted by Crippen LogP contribution is 2.43. The molecular weight excluding hydrogens is 398 g/mol. The summed E-state index contributed by atoms with van der Waals surface area (Å²) in [5.41, 5.74) is 1.96. The van der Waals surface area contributed by atoms with Gasteiger partial charge in [-0.05, 0) is 36.9 Å². The van der Waals surface area contributed by atoms with E-state index in [0.717, 1.165) is 47.2 Å². The first kappa shape index (κ1) is 19.0. The van der Waals surface area contributed by atoms with Gasteiger partial charge in [-0.3, -0.25) is 9.59 Å². The third-order valence-electron chi connectivity index (χ3n) is 5.91. The molecule has 30 heavy (non-hydrogen) atoms. The first-order valence-corrected chi connectivity index (χ1v) is 11.1. The Morgan fingerprint density at radius 1 is 1.23 bits per heavy atom. The van der Waals surface area contributed by atoms with Gasteiger partial charge < -0.3 is 14.8 Å². The van der Waals surface area contributed by atoms with Gasteiger partial charge in [0.05, 0.1) is 18.5 Å². The van der Waals surface area contributed by atoms with E-state index in [4.69, 9.17) is 0 Å². The van der Waals surface area contributed by atoms with Crippen LogP contribution in [0.2, 0.25) is 0 Å². The maximum absolute atomic E-state index is 13.2. The number of hydrogen-bond donors (Lipinski definition) is 1. The van der Waals surface area contributed by atoms with Crippen molar-refractivity contribution in [3.8, 4) is 0 Å². The number of aromatic nitrogens is 3. The summed E-state index contributed by atoms with van der Waals surface area (Å²) >= 11 is 1.58. The zero-order chi connectivity index (χ0) is 20.7. The van der Waals surface area contributed by atoms with Gasteiger partial charge in [-0.25, -0.2) is 0 Å². The molecule has 1 fully saturated rings. The Morgan fingerprint density at radius 3 is 2.83 bits per heavy atom. The third-order valence-corrected chi connectivity index (χ3v) is 6.86. The molecule has 5 rings (SSSR count). The van der Waals surface area contributed by atoms with Crippen molar-refractivity contribution in [2.45, 2.75) is 45.3 Å². The molecule has 8 heteroatoms. The molecule has 2 aromatic heterocycles. The standard InChI is InChI=1S/C22H23N5O2S/c1-14-6-8-15(9-7-14)27-20(28)12-16(21(27)17-4-3-11-30-17)22(29)23-13-19-25-24-18-5-2-10-26(18)19/h3-4,6-9,11,16,21H,2,5,10,12-13H2,1H3,(H,23,29)/t16-,21+/m1/s1. The molecular formula is C22H23N5O2S. The normalized spacial score (nSPS) is 20.6. The molecule has 1 N–H and O–H groups in total. The summed E-state index contributed by atoms with van der Waals surface area (Å²) in [6, 6.07) is 11.6. The van der Waals surface area contributed by atoms with Crippen LogP contribution in [0.5, 0.6) is 0 Å². The van der Waals surface area contributed by atoms with Crippen molar-refractivity contribution >= 4 is 28.8 Å². The number of carbonyl (C=O) groups excluding carboxylic acids is 2. The maximum atomic E-state index is 13.2. The number of benzene rings is 1. The van der Waals surface area contributed by atoms with Gasteiger partial charge in [-0.1, -0.05) is 23.8 Å². The zero-order valence-electron chi connectivity index (χ0n) is 16.7. The van der Waals surface area contributed by atoms with E-state index in [-0.39, 0.29) is 24.3 Å². The minimum absolute atomic E-state index is 0.0271. The summed E-state index contributed by atoms with van der Waals surface area (Å²) in [5.74, 6) is 1.17. The minimum Gasteiger partial charge on any atom is -0.348 e. The van der Waals surface area contributed by atoms with Crippen molar-refractivity contribution in [2.24, 2.45) is 5.92 Å². The molecule has 0 unspecified atom stereocenters. The largest absolute Gasteiger partial charge is 0.348 e. The van der Waals surface area contributed by atoms with Crippen LogP contribution in [0.1, 0.15) is 41.0 Å². The van der Waals surface area contributed by atoms with E-state index in [2.05, 4.69) is 20.1 Å². The molecule has 1 aromatic carbocycles. The second-order valence-corrected chi connectivity index (χ2v) is 8.85. The van der Waals surface area contributed by atoms with Gasteiger partial charge in [-0.2, -0.15) is 0 Å². The average Bonchev–Trinajstić information content (AvgIpc) is 3.51. The van der Waals surface area contributed by atoms with Crippen LogP contribution in [0.3, 0.4) is 0 Å². The van der Waals surface area contributed by atoms with Crippen LogP contribution in [0, 0.1) is 12.8 Å². The quantitative estimate of drug-likeness (QED) is 0.687. The molecule has 7 nitrogen and oxygen atoms in total. The van der Waals surface area contributed by atoms with Crippen molar-refractivity contribution in [2.75, 3.05) is 4.90 Å². The minimum atomic E-state index is -0.446. The molecule has 0 bridgehead atoms. The molecule has 0 radical (unpaired) electrons. The molecule has 4 heterocycles. The summed E-state index contributed by atoms with van der Waals surface area (Å²) in [4.78, 5) is 29.0. The number of thiophene rings is 1. The number of nitrogens with zero attached hydrogens (tertiary/aromatic N) is 4. The van der Waals surface area contributed by atoms with E-state index in [9.17, 15) is 9.59 Å². The Labute approximate surface area is 178 Å². The third kappa shape index (κ3) is 3.31. The number of fused-ring (bicyclic) bond motifs is 1. The van der Waals surface area contributed by atoms with Gasteiger partial charge in [0.15, 0.2) is 5.82 Å². The van der Waals surface area contributed by atoms with Crippen LogP contribution >= 0.6 is 11.3 Å². The van der Waals surface area contributed by atoms with E-state index in [1.807, 2.05) is 48.7 Å². The number of amides is 2. The van der Waals surface area contributed by atoms with Crippen LogP contribution in [0.4, 0.5) is 5.69 Å². The number of aryl methyl sites for hydroxylation is 2. The molecule has 154 valence electrons. The smallest absolute Gasteiger partial charge is 0.228 e. The van der Waals surface area contributed by atoms with Crippen LogP contribution in [0.15, 0.2) is 41.8 Å². The highest BCUT2D eigenvalue weighted by atomic mass is 32.1. The monoisotopic (exact) mass is 421 g/mol. The summed E-state index contributed by atoms with van der Waals surface area (Å²) in [6.45, 7) is 3.25. The highest BCUT2D eigenvalue weighted by Gasteiger charge is 2.45. The molecule has 1 saturated heterocycles. The first-order chi connectivity index (χ1) is 14.6. The topological polar surface area (TPSA) is 80.1 Å². The van der Waals surface area contributed by atoms with E-state index < -0.39 is 5.92 Å². The van der Waals surface area contributed by atoms with Crippen molar-refractivity contribution in [1.29, 1.82) is 0 Å². The fraction of sp³-hybridized carbons (Fsp3) is 0.364. The summed E-state index contributed by atoms with van der Waals surface area (Å²) in [5, 5.41) is 13.4. The molecule has 2 aliphatic rings. The highest BCUT2D eigenvalue weighted by molar-refractivity contribution is 7.10. The Balaban J connectivity index is 1.39. The molecule has 2 amide bonds. The SMILES string of the molecule is Cc1ccc(N2C(=O)C[C@@H](C(=O)NCc3nnc4n3CCC4)[C@H]2c2cccs2)cc1. The van der Waals surface area contributed by atoms with Crippen LogP contribution in [0.25, 0.3) is 0 Å². The Bertz CT molecular complexity index is 1070. The molecule has 0 saturated carbocycles. The lowest BCUT2D eigenvalue weighted by Crippen LogP contribution is -2.35. The summed E-state index contributed by atoms with van der Waals surface area (Å²) < 4.78 is 2.08. The fourth-order valence-corrected chi connectivity index (χ4v) is 5.28. The predicted octanol–water partition coefficient (Wildman–Crippen LogP) is 3.00. The average molecular weight is 422 g/mol. The number of anilines is 1. The molecule has 0 aliphatic carbocycles. The van der Waals surface area contributed by atoms with Crippen molar-refractivity contribution < 1.29 is 9.59 Å². The Hall–Kier alpha value is -3.00. The fourth-order valence-electron chi connectivity index (χ4n) is 4.40. The molecule has 0 spiro atoms. The second-order valence-electron chi connectivity index (χ2n) is 7.88. The van der Waals surface area contributed by atoms with Crippen molar-refractivity contribution in [3.63, 3.8) is 0 Å². The predicted molar refractivity (Wildman–Crippen MR) is 114 cm³/mol. The van der Waals surface area contributed by atoms with Crippen LogP contribution in [-0.4, -0.2) is 26.6 Å². The van der Waals surface area contributed by atoms with E-state index >= 15 is 0 Å². The van der Waals surface area contributed by atoms with Crippen LogP contribution < -0.4 is 10.2 Å². The number of rotatable bonds is 5. The first-order valence-electron chi connectivity index (χ1n) is 10.2. The lowest BCUT2D eigenvalue weighted by molar-refractivity contribution is -0.127. The lowest BCUT2D eigenvalue weighted by atomic mass is 9.97. The maximum Gasteiger partial charge on any atom is 0.228 e. The summed E-state index contributed by atoms with van der Waals surface area (Å²) in [6.07, 6.45) is 2.19. The van der Waals surface area contributed by atoms with Crippen molar-refractivity contribution in [3.05, 3.63) is 63.9 Å². The number of carbonyl (C=O) groups is 2. The molecule has 3 aromatic rings. The number of hydrogen-bond acceptors (Lipinski definition) is 5. The number of nitrogens with one attached hydrogen (secondary N) is 1. The Kier molecular flexibility index (Phi) is 4.86. The molecule has 2 aliphatic heterocycles. The van der Waals surface area contributed by atoms with Gasteiger partial charge in [-0.15, -0.1) is 21.5 Å². The Morgan fingerprint density at radius 2 is 2.07 bits per heavy atom. The zero-order valence-corrected chi connectivity index (χ0v) is 17.6. The lowest BCUT2D eigenvalue weighted by Gasteiger charge is -2.27. The van der Waals surface area contributed by atoms with E-state index in [0.29, 0.717) is 6.54 Å². The molecule has 2 atom stereocenters. The van der Waals surface area contributed by atoms with E-state index in [1.54, 1.807) is 16.2 Å². The van der Waals surface area contributed by atoms with Gasteiger partial charge in [0.1, 0.15) is 5.82 Å². The second kappa shape index (κ2) is 7.68. The van der Waals surface area contributed by atoms with Gasteiger partial charge in [0, 0.05) is 30.0 Å². The van der Waals surface area contributed by atoms with Gasteiger partial charge in [0.2, 0.25) is 11.8 Å². The van der Waals surface area contributed by atoms with E-state index in [1.165, 1.54) is 0 Å². The van der Waals surface area contributed by atoms with Gasteiger partial charge >= 0.3 is 0 Å². The van der Waals surface area contributed by atoms with Crippen LogP contribution in [-0.2, 0) is 29.1 Å². The van der Waals surface area contributed by atoms with Crippen molar-refractivity contribution in [1.82, 2.24) is 20.1 Å². The summed E-state index contributed by atoms with van der Waals surface area (Å²) in [7, 11) is 0.